The van der Waals surface area contributed by atoms with Crippen molar-refractivity contribution in [1.82, 2.24) is 9.88 Å². The first-order valence-electron chi connectivity index (χ1n) is 6.79. The fraction of sp³-hybridized carbons (Fsp3) is 0.312. The summed E-state index contributed by atoms with van der Waals surface area (Å²) >= 11 is 6.19. The number of rotatable bonds is 6. The summed E-state index contributed by atoms with van der Waals surface area (Å²) in [6.45, 7) is 4.65. The molecule has 106 valence electrons. The highest BCUT2D eigenvalue weighted by atomic mass is 35.5. The third kappa shape index (κ3) is 4.22. The minimum atomic E-state index is 0.822. The van der Waals surface area contributed by atoms with Gasteiger partial charge in [0.1, 0.15) is 5.82 Å². The fourth-order valence-electron chi connectivity index (χ4n) is 2.14. The fourth-order valence-corrected chi connectivity index (χ4v) is 2.33. The van der Waals surface area contributed by atoms with E-state index in [4.69, 9.17) is 11.6 Å². The van der Waals surface area contributed by atoms with Gasteiger partial charge in [-0.15, -0.1) is 0 Å². The van der Waals surface area contributed by atoms with Crippen LogP contribution in [0.25, 0.3) is 0 Å². The van der Waals surface area contributed by atoms with E-state index in [-0.39, 0.29) is 0 Å². The van der Waals surface area contributed by atoms with Gasteiger partial charge in [-0.3, -0.25) is 4.90 Å². The van der Waals surface area contributed by atoms with Crippen LogP contribution in [0.4, 0.5) is 5.82 Å². The summed E-state index contributed by atoms with van der Waals surface area (Å²) < 4.78 is 0. The van der Waals surface area contributed by atoms with Crippen molar-refractivity contribution in [1.29, 1.82) is 0 Å². The zero-order chi connectivity index (χ0) is 14.4. The van der Waals surface area contributed by atoms with Crippen LogP contribution in [-0.4, -0.2) is 23.5 Å². The van der Waals surface area contributed by atoms with Gasteiger partial charge >= 0.3 is 0 Å². The standard InChI is InChI=1S/C16H20ClN3/c1-3-18-16-10-13(8-9-19-16)11-20(2)12-14-6-4-5-7-15(14)17/h4-10H,3,11-12H2,1-2H3,(H,18,19). The molecule has 1 heterocycles. The van der Waals surface area contributed by atoms with Gasteiger partial charge in [0.2, 0.25) is 0 Å². The first kappa shape index (κ1) is 14.8. The second kappa shape index (κ2) is 7.27. The van der Waals surface area contributed by atoms with Gasteiger partial charge in [0.05, 0.1) is 0 Å². The van der Waals surface area contributed by atoms with Crippen molar-refractivity contribution >= 4 is 17.4 Å². The number of anilines is 1. The first-order chi connectivity index (χ1) is 9.69. The number of hydrogen-bond donors (Lipinski definition) is 1. The summed E-state index contributed by atoms with van der Waals surface area (Å²) in [5.41, 5.74) is 2.39. The Kier molecular flexibility index (Phi) is 5.39. The number of halogens is 1. The average Bonchev–Trinajstić information content (AvgIpc) is 2.42. The summed E-state index contributed by atoms with van der Waals surface area (Å²) in [6, 6.07) is 12.1. The van der Waals surface area contributed by atoms with Crippen LogP contribution in [0.5, 0.6) is 0 Å². The monoisotopic (exact) mass is 289 g/mol. The molecule has 0 saturated carbocycles. The number of nitrogens with zero attached hydrogens (tertiary/aromatic N) is 2. The normalized spacial score (nSPS) is 10.8. The van der Waals surface area contributed by atoms with Gasteiger partial charge in [-0.25, -0.2) is 4.98 Å². The molecule has 1 N–H and O–H groups in total. The van der Waals surface area contributed by atoms with E-state index in [1.165, 1.54) is 5.56 Å². The Balaban J connectivity index is 1.99. The number of pyridine rings is 1. The Hall–Kier alpha value is -1.58. The van der Waals surface area contributed by atoms with Crippen molar-refractivity contribution in [2.45, 2.75) is 20.0 Å². The van der Waals surface area contributed by atoms with Crippen molar-refractivity contribution in [2.75, 3.05) is 18.9 Å². The number of aromatic nitrogens is 1. The second-order valence-electron chi connectivity index (χ2n) is 4.84. The van der Waals surface area contributed by atoms with Crippen LogP contribution in [0, 0.1) is 0 Å². The SMILES string of the molecule is CCNc1cc(CN(C)Cc2ccccc2Cl)ccn1. The Morgan fingerprint density at radius 2 is 2.00 bits per heavy atom. The molecule has 1 aromatic carbocycles. The summed E-state index contributed by atoms with van der Waals surface area (Å²) in [4.78, 5) is 6.53. The van der Waals surface area contributed by atoms with E-state index >= 15 is 0 Å². The molecule has 2 rings (SSSR count). The van der Waals surface area contributed by atoms with Crippen molar-refractivity contribution in [3.05, 3.63) is 58.7 Å². The quantitative estimate of drug-likeness (QED) is 0.877. The van der Waals surface area contributed by atoms with Crippen LogP contribution in [0.2, 0.25) is 5.02 Å². The van der Waals surface area contributed by atoms with Crippen molar-refractivity contribution in [2.24, 2.45) is 0 Å². The van der Waals surface area contributed by atoms with Gasteiger partial charge in [0.15, 0.2) is 0 Å². The van der Waals surface area contributed by atoms with Crippen molar-refractivity contribution in [3.8, 4) is 0 Å². The molecular weight excluding hydrogens is 270 g/mol. The van der Waals surface area contributed by atoms with E-state index in [0.29, 0.717) is 0 Å². The lowest BCUT2D eigenvalue weighted by Gasteiger charge is -2.18. The van der Waals surface area contributed by atoms with Gasteiger partial charge in [-0.2, -0.15) is 0 Å². The molecule has 2 aromatic rings. The molecule has 0 fully saturated rings. The lowest BCUT2D eigenvalue weighted by molar-refractivity contribution is 0.319. The van der Waals surface area contributed by atoms with Crippen LogP contribution in [0.1, 0.15) is 18.1 Å². The highest BCUT2D eigenvalue weighted by Crippen LogP contribution is 2.17. The predicted molar refractivity (Wildman–Crippen MR) is 85.0 cm³/mol. The summed E-state index contributed by atoms with van der Waals surface area (Å²) in [6.07, 6.45) is 1.84. The highest BCUT2D eigenvalue weighted by molar-refractivity contribution is 6.31. The topological polar surface area (TPSA) is 28.2 Å². The van der Waals surface area contributed by atoms with E-state index in [9.17, 15) is 0 Å². The van der Waals surface area contributed by atoms with Crippen LogP contribution >= 0.6 is 11.6 Å². The van der Waals surface area contributed by atoms with E-state index in [1.54, 1.807) is 0 Å². The van der Waals surface area contributed by atoms with Crippen LogP contribution in [-0.2, 0) is 13.1 Å². The molecule has 3 nitrogen and oxygen atoms in total. The molecule has 4 heteroatoms. The molecule has 0 spiro atoms. The third-order valence-electron chi connectivity index (χ3n) is 3.03. The Bertz CT molecular complexity index is 557. The Labute approximate surface area is 125 Å². The molecule has 1 aromatic heterocycles. The van der Waals surface area contributed by atoms with Gasteiger partial charge in [0.25, 0.3) is 0 Å². The zero-order valence-corrected chi connectivity index (χ0v) is 12.7. The largest absolute Gasteiger partial charge is 0.370 e. The molecular formula is C16H20ClN3. The van der Waals surface area contributed by atoms with Crippen LogP contribution < -0.4 is 5.32 Å². The molecule has 0 atom stereocenters. The molecule has 0 radical (unpaired) electrons. The lowest BCUT2D eigenvalue weighted by atomic mass is 10.2. The molecule has 0 aliphatic carbocycles. The lowest BCUT2D eigenvalue weighted by Crippen LogP contribution is -2.17. The Morgan fingerprint density at radius 3 is 2.75 bits per heavy atom. The maximum absolute atomic E-state index is 6.19. The molecule has 0 bridgehead atoms. The van der Waals surface area contributed by atoms with Crippen molar-refractivity contribution < 1.29 is 0 Å². The van der Waals surface area contributed by atoms with Gasteiger partial charge in [-0.05, 0) is 43.3 Å². The number of nitrogens with one attached hydrogen (secondary N) is 1. The average molecular weight is 290 g/mol. The minimum absolute atomic E-state index is 0.822. The van der Waals surface area contributed by atoms with Gasteiger partial charge in [0, 0.05) is 30.9 Å². The van der Waals surface area contributed by atoms with Gasteiger partial charge in [-0.1, -0.05) is 29.8 Å². The molecule has 0 aliphatic heterocycles. The molecule has 20 heavy (non-hydrogen) atoms. The number of benzene rings is 1. The smallest absolute Gasteiger partial charge is 0.126 e. The zero-order valence-electron chi connectivity index (χ0n) is 11.9. The van der Waals surface area contributed by atoms with E-state index < -0.39 is 0 Å². The summed E-state index contributed by atoms with van der Waals surface area (Å²) in [5.74, 6) is 0.927. The van der Waals surface area contributed by atoms with Crippen LogP contribution in [0.3, 0.4) is 0 Å². The summed E-state index contributed by atoms with van der Waals surface area (Å²) in [5, 5.41) is 4.05. The maximum Gasteiger partial charge on any atom is 0.126 e. The molecule has 0 saturated heterocycles. The van der Waals surface area contributed by atoms with E-state index in [0.717, 1.165) is 36.0 Å². The minimum Gasteiger partial charge on any atom is -0.370 e. The highest BCUT2D eigenvalue weighted by Gasteiger charge is 2.05. The van der Waals surface area contributed by atoms with E-state index in [2.05, 4.69) is 41.3 Å². The van der Waals surface area contributed by atoms with Crippen LogP contribution in [0.15, 0.2) is 42.6 Å². The number of hydrogen-bond acceptors (Lipinski definition) is 3. The first-order valence-corrected chi connectivity index (χ1v) is 7.17. The van der Waals surface area contributed by atoms with Gasteiger partial charge < -0.3 is 5.32 Å². The van der Waals surface area contributed by atoms with E-state index in [1.807, 2.05) is 30.5 Å². The predicted octanol–water partition coefficient (Wildman–Crippen LogP) is 3.80. The Morgan fingerprint density at radius 1 is 1.20 bits per heavy atom. The van der Waals surface area contributed by atoms with Crippen molar-refractivity contribution in [3.63, 3.8) is 0 Å². The maximum atomic E-state index is 6.19. The molecule has 0 aliphatic rings. The third-order valence-corrected chi connectivity index (χ3v) is 3.40. The molecule has 0 amide bonds. The second-order valence-corrected chi connectivity index (χ2v) is 5.25. The molecule has 0 unspecified atom stereocenters. The summed E-state index contributed by atoms with van der Waals surface area (Å²) in [7, 11) is 2.09.